The summed E-state index contributed by atoms with van der Waals surface area (Å²) in [6.07, 6.45) is -4.22. The molecule has 0 radical (unpaired) electrons. The van der Waals surface area contributed by atoms with E-state index < -0.39 is 34.5 Å². The maximum Gasteiger partial charge on any atom is 0.417 e. The number of benzene rings is 2. The van der Waals surface area contributed by atoms with Gasteiger partial charge in [0.05, 0.1) is 22.1 Å². The van der Waals surface area contributed by atoms with Gasteiger partial charge >= 0.3 is 12.4 Å². The summed E-state index contributed by atoms with van der Waals surface area (Å²) >= 11 is 0. The summed E-state index contributed by atoms with van der Waals surface area (Å²) in [5, 5.41) is 0.938. The molecule has 3 nitrogen and oxygen atoms in total. The van der Waals surface area contributed by atoms with E-state index >= 15 is 0 Å². The minimum absolute atomic E-state index is 0.107. The van der Waals surface area contributed by atoms with E-state index in [1.54, 1.807) is 12.1 Å². The Bertz CT molecular complexity index is 1300. The zero-order valence-corrected chi connectivity index (χ0v) is 21.7. The molecule has 1 atom stereocenters. The Morgan fingerprint density at radius 3 is 2.24 bits per heavy atom. The molecular formula is C27H30F6N2OS. The molecule has 1 heterocycles. The van der Waals surface area contributed by atoms with Crippen LogP contribution in [-0.4, -0.2) is 20.6 Å². The third-order valence-electron chi connectivity index (χ3n) is 6.60. The van der Waals surface area contributed by atoms with Crippen LogP contribution in [0.15, 0.2) is 42.6 Å². The molecule has 10 heteroatoms. The first-order valence-corrected chi connectivity index (χ1v) is 13.4. The second-order valence-electron chi connectivity index (χ2n) is 10.8. The standard InChI is InChI=1S/C27H30F6N2OS/c1-25(2,3)15-18-16-35(12-11-34-37(36)20-5-4-6-20)24-10-7-17(13-22(18)24)21-9-8-19(26(28,29)30)14-23(21)27(31,32)33/h7-10,13-14,16,20,34H,4-6,11-12,15H2,1-3H3. The molecule has 2 aromatic carbocycles. The number of nitrogens with zero attached hydrogens (tertiary/aromatic N) is 1. The zero-order chi connectivity index (χ0) is 27.2. The molecule has 1 unspecified atom stereocenters. The maximum absolute atomic E-state index is 13.8. The van der Waals surface area contributed by atoms with Crippen LogP contribution < -0.4 is 4.72 Å². The van der Waals surface area contributed by atoms with Crippen LogP contribution in [0, 0.1) is 5.41 Å². The van der Waals surface area contributed by atoms with Crippen molar-refractivity contribution < 1.29 is 30.6 Å². The molecule has 1 aromatic heterocycles. The van der Waals surface area contributed by atoms with Crippen LogP contribution in [-0.2, 0) is 36.3 Å². The normalized spacial score (nSPS) is 16.2. The van der Waals surface area contributed by atoms with E-state index in [9.17, 15) is 30.6 Å². The van der Waals surface area contributed by atoms with Crippen LogP contribution >= 0.6 is 0 Å². The molecule has 1 saturated carbocycles. The van der Waals surface area contributed by atoms with E-state index in [0.717, 1.165) is 41.8 Å². The molecule has 37 heavy (non-hydrogen) atoms. The number of hydrogen-bond donors (Lipinski definition) is 1. The molecule has 0 bridgehead atoms. The van der Waals surface area contributed by atoms with Crippen LogP contribution in [0.1, 0.15) is 56.7 Å². The van der Waals surface area contributed by atoms with Gasteiger partial charge in [0, 0.05) is 35.4 Å². The molecule has 1 aliphatic rings. The summed E-state index contributed by atoms with van der Waals surface area (Å²) in [4.78, 5) is 0. The summed E-state index contributed by atoms with van der Waals surface area (Å²) < 4.78 is 98.2. The Labute approximate surface area is 214 Å². The largest absolute Gasteiger partial charge is 0.417 e. The lowest BCUT2D eigenvalue weighted by atomic mass is 9.87. The molecule has 0 aliphatic heterocycles. The van der Waals surface area contributed by atoms with Crippen molar-refractivity contribution in [3.05, 3.63) is 59.3 Å². The monoisotopic (exact) mass is 544 g/mol. The summed E-state index contributed by atoms with van der Waals surface area (Å²) in [6.45, 7) is 7.16. The van der Waals surface area contributed by atoms with Gasteiger partial charge in [0.1, 0.15) is 0 Å². The molecule has 202 valence electrons. The highest BCUT2D eigenvalue weighted by molar-refractivity contribution is 7.83. The van der Waals surface area contributed by atoms with Crippen LogP contribution in [0.5, 0.6) is 0 Å². The lowest BCUT2D eigenvalue weighted by molar-refractivity contribution is -0.142. The first kappa shape index (κ1) is 27.7. The van der Waals surface area contributed by atoms with Crippen molar-refractivity contribution in [1.82, 2.24) is 9.29 Å². The van der Waals surface area contributed by atoms with Gasteiger partial charge in [0.2, 0.25) is 0 Å². The molecule has 4 rings (SSSR count). The zero-order valence-electron chi connectivity index (χ0n) is 20.9. The van der Waals surface area contributed by atoms with Crippen LogP contribution in [0.3, 0.4) is 0 Å². The molecule has 3 aromatic rings. The van der Waals surface area contributed by atoms with Crippen LogP contribution in [0.2, 0.25) is 0 Å². The fraction of sp³-hybridized carbons (Fsp3) is 0.481. The van der Waals surface area contributed by atoms with Gasteiger partial charge in [-0.15, -0.1) is 0 Å². The number of nitrogens with one attached hydrogen (secondary N) is 1. The van der Waals surface area contributed by atoms with Gasteiger partial charge in [-0.25, -0.2) is 8.93 Å². The summed E-state index contributed by atoms with van der Waals surface area (Å²) in [5.74, 6) is 0. The average Bonchev–Trinajstić information content (AvgIpc) is 3.06. The molecule has 1 aliphatic carbocycles. The lowest BCUT2D eigenvalue weighted by Crippen LogP contribution is -2.34. The highest BCUT2D eigenvalue weighted by atomic mass is 32.2. The number of hydrogen-bond acceptors (Lipinski definition) is 1. The number of fused-ring (bicyclic) bond motifs is 1. The summed E-state index contributed by atoms with van der Waals surface area (Å²) in [5.41, 5.74) is -1.12. The summed E-state index contributed by atoms with van der Waals surface area (Å²) in [6, 6.07) is 6.60. The molecular weight excluding hydrogens is 514 g/mol. The Balaban J connectivity index is 1.73. The predicted octanol–water partition coefficient (Wildman–Crippen LogP) is 7.74. The second kappa shape index (κ2) is 10.1. The van der Waals surface area contributed by atoms with E-state index in [2.05, 4.69) is 25.5 Å². The lowest BCUT2D eigenvalue weighted by Gasteiger charge is -2.24. The van der Waals surface area contributed by atoms with E-state index in [-0.39, 0.29) is 27.9 Å². The predicted molar refractivity (Wildman–Crippen MR) is 134 cm³/mol. The van der Waals surface area contributed by atoms with E-state index in [4.69, 9.17) is 0 Å². The fourth-order valence-electron chi connectivity index (χ4n) is 4.61. The smallest absolute Gasteiger partial charge is 0.346 e. The van der Waals surface area contributed by atoms with Gasteiger partial charge in [-0.3, -0.25) is 0 Å². The Morgan fingerprint density at radius 2 is 1.68 bits per heavy atom. The van der Waals surface area contributed by atoms with Crippen molar-refractivity contribution in [3.8, 4) is 11.1 Å². The minimum atomic E-state index is -4.95. The fourth-order valence-corrected chi connectivity index (χ4v) is 5.90. The number of alkyl halides is 6. The van der Waals surface area contributed by atoms with Crippen molar-refractivity contribution in [2.24, 2.45) is 5.41 Å². The van der Waals surface area contributed by atoms with E-state index in [1.165, 1.54) is 6.07 Å². The van der Waals surface area contributed by atoms with Gasteiger partial charge in [-0.2, -0.15) is 26.3 Å². The highest BCUT2D eigenvalue weighted by Gasteiger charge is 2.38. The van der Waals surface area contributed by atoms with Crippen molar-refractivity contribution in [3.63, 3.8) is 0 Å². The number of aromatic nitrogens is 1. The van der Waals surface area contributed by atoms with Gasteiger partial charge in [0.15, 0.2) is 0 Å². The minimum Gasteiger partial charge on any atom is -0.346 e. The molecule has 0 amide bonds. The second-order valence-corrected chi connectivity index (χ2v) is 12.4. The van der Waals surface area contributed by atoms with Crippen molar-refractivity contribution >= 4 is 21.9 Å². The molecule has 1 fully saturated rings. The van der Waals surface area contributed by atoms with Gasteiger partial charge < -0.3 is 4.57 Å². The molecule has 1 N–H and O–H groups in total. The Hall–Kier alpha value is -2.33. The highest BCUT2D eigenvalue weighted by Crippen LogP contribution is 2.42. The van der Waals surface area contributed by atoms with Crippen molar-refractivity contribution in [2.75, 3.05) is 6.54 Å². The Morgan fingerprint density at radius 1 is 0.973 bits per heavy atom. The first-order valence-electron chi connectivity index (χ1n) is 12.2. The maximum atomic E-state index is 13.8. The third-order valence-corrected chi connectivity index (χ3v) is 8.17. The third kappa shape index (κ3) is 6.39. The van der Waals surface area contributed by atoms with Gasteiger partial charge in [0.25, 0.3) is 0 Å². The topological polar surface area (TPSA) is 34.0 Å². The molecule has 0 saturated heterocycles. The number of rotatable bonds is 7. The number of halogens is 6. The van der Waals surface area contributed by atoms with Crippen molar-refractivity contribution in [1.29, 1.82) is 0 Å². The molecule has 0 spiro atoms. The van der Waals surface area contributed by atoms with E-state index in [1.807, 2.05) is 10.8 Å². The van der Waals surface area contributed by atoms with Gasteiger partial charge in [-0.05, 0) is 65.6 Å². The van der Waals surface area contributed by atoms with Crippen LogP contribution in [0.4, 0.5) is 26.3 Å². The van der Waals surface area contributed by atoms with Gasteiger partial charge in [-0.1, -0.05) is 39.3 Å². The van der Waals surface area contributed by atoms with Crippen molar-refractivity contribution in [2.45, 2.75) is 70.6 Å². The summed E-state index contributed by atoms with van der Waals surface area (Å²) in [7, 11) is -1.09. The first-order chi connectivity index (χ1) is 17.1. The Kier molecular flexibility index (Phi) is 7.56. The average molecular weight is 545 g/mol. The SMILES string of the molecule is CC(C)(C)Cc1cn(CCNS(=O)C2CCC2)c2ccc(-c3ccc(C(F)(F)F)cc3C(F)(F)F)cc12. The van der Waals surface area contributed by atoms with E-state index in [0.29, 0.717) is 25.6 Å². The van der Waals surface area contributed by atoms with Crippen LogP contribution in [0.25, 0.3) is 22.0 Å². The quantitative estimate of drug-likeness (QED) is 0.303.